The summed E-state index contributed by atoms with van der Waals surface area (Å²) < 4.78 is 11.5. The second-order valence-corrected chi connectivity index (χ2v) is 4.28. The third-order valence-corrected chi connectivity index (χ3v) is 3.05. The summed E-state index contributed by atoms with van der Waals surface area (Å²) in [5.41, 5.74) is 1.11. The molecule has 0 aliphatic rings. The molecule has 92 valence electrons. The highest BCUT2D eigenvalue weighted by Crippen LogP contribution is 2.33. The molecule has 4 heteroatoms. The van der Waals surface area contributed by atoms with Crippen molar-refractivity contribution in [2.24, 2.45) is 0 Å². The smallest absolute Gasteiger partial charge is 0.161 e. The van der Waals surface area contributed by atoms with E-state index in [1.54, 1.807) is 14.2 Å². The average molecular weight is 298 g/mol. The molecule has 0 amide bonds. The number of methoxy groups -OCH3 is 2. The van der Waals surface area contributed by atoms with E-state index in [0.717, 1.165) is 35.3 Å². The first-order valence-corrected chi connectivity index (χ1v) is 6.06. The summed E-state index contributed by atoms with van der Waals surface area (Å²) in [5.74, 6) is 4.03. The van der Waals surface area contributed by atoms with Crippen molar-refractivity contribution in [3.8, 4) is 23.8 Å². The maximum Gasteiger partial charge on any atom is 0.161 e. The number of rotatable bonds is 6. The lowest BCUT2D eigenvalue weighted by molar-refractivity contribution is 0.354. The quantitative estimate of drug-likeness (QED) is 0.647. The summed E-state index contributed by atoms with van der Waals surface area (Å²) in [6, 6.07) is 3.85. The molecule has 0 saturated heterocycles. The largest absolute Gasteiger partial charge is 0.493 e. The molecule has 0 radical (unpaired) electrons. The average Bonchev–Trinajstić information content (AvgIpc) is 2.35. The van der Waals surface area contributed by atoms with Crippen LogP contribution in [-0.2, 0) is 6.54 Å². The van der Waals surface area contributed by atoms with E-state index in [1.165, 1.54) is 0 Å². The number of benzene rings is 1. The van der Waals surface area contributed by atoms with Crippen molar-refractivity contribution in [1.29, 1.82) is 0 Å². The highest BCUT2D eigenvalue weighted by Gasteiger charge is 2.08. The molecule has 0 atom stereocenters. The van der Waals surface area contributed by atoms with Crippen LogP contribution >= 0.6 is 15.9 Å². The molecule has 0 spiro atoms. The Morgan fingerprint density at radius 2 is 1.94 bits per heavy atom. The Morgan fingerprint density at radius 1 is 1.29 bits per heavy atom. The predicted octanol–water partition coefficient (Wildman–Crippen LogP) is 2.58. The van der Waals surface area contributed by atoms with Gasteiger partial charge in [0.15, 0.2) is 11.5 Å². The van der Waals surface area contributed by atoms with Crippen molar-refractivity contribution < 1.29 is 9.47 Å². The van der Waals surface area contributed by atoms with Gasteiger partial charge in [-0.25, -0.2) is 0 Å². The van der Waals surface area contributed by atoms with Gasteiger partial charge in [0, 0.05) is 24.0 Å². The molecule has 0 heterocycles. The Kier molecular flexibility index (Phi) is 5.88. The molecule has 0 aliphatic carbocycles. The molecular weight excluding hydrogens is 282 g/mol. The Balaban J connectivity index is 2.75. The van der Waals surface area contributed by atoms with Gasteiger partial charge in [0.1, 0.15) is 0 Å². The maximum atomic E-state index is 5.25. The third-order valence-electron chi connectivity index (χ3n) is 2.31. The summed E-state index contributed by atoms with van der Waals surface area (Å²) in [7, 11) is 3.25. The van der Waals surface area contributed by atoms with Crippen molar-refractivity contribution in [2.75, 3.05) is 20.8 Å². The van der Waals surface area contributed by atoms with Crippen molar-refractivity contribution in [3.63, 3.8) is 0 Å². The number of ether oxygens (including phenoxy) is 2. The first-order valence-electron chi connectivity index (χ1n) is 5.27. The summed E-state index contributed by atoms with van der Waals surface area (Å²) >= 11 is 3.50. The van der Waals surface area contributed by atoms with E-state index in [4.69, 9.17) is 15.9 Å². The van der Waals surface area contributed by atoms with Crippen LogP contribution in [0, 0.1) is 12.3 Å². The molecule has 0 bridgehead atoms. The van der Waals surface area contributed by atoms with Crippen molar-refractivity contribution in [2.45, 2.75) is 13.0 Å². The van der Waals surface area contributed by atoms with Gasteiger partial charge in [0.05, 0.1) is 14.2 Å². The SMILES string of the molecule is C#CCCNCc1cc(OC)c(OC)cc1Br. The first-order chi connectivity index (χ1) is 8.22. The lowest BCUT2D eigenvalue weighted by Crippen LogP contribution is -2.14. The minimum Gasteiger partial charge on any atom is -0.493 e. The van der Waals surface area contributed by atoms with Crippen LogP contribution in [-0.4, -0.2) is 20.8 Å². The van der Waals surface area contributed by atoms with Gasteiger partial charge >= 0.3 is 0 Å². The Bertz CT molecular complexity index is 413. The molecule has 0 fully saturated rings. The first kappa shape index (κ1) is 13.9. The minimum atomic E-state index is 0.715. The number of terminal acetylenes is 1. The molecular formula is C13H16BrNO2. The van der Waals surface area contributed by atoms with E-state index in [-0.39, 0.29) is 0 Å². The fourth-order valence-electron chi connectivity index (χ4n) is 1.42. The highest BCUT2D eigenvalue weighted by molar-refractivity contribution is 9.10. The molecule has 1 rings (SSSR count). The van der Waals surface area contributed by atoms with Gasteiger partial charge in [0.25, 0.3) is 0 Å². The van der Waals surface area contributed by atoms with Gasteiger partial charge in [-0.2, -0.15) is 0 Å². The molecule has 1 N–H and O–H groups in total. The minimum absolute atomic E-state index is 0.715. The number of hydrogen-bond acceptors (Lipinski definition) is 3. The molecule has 0 aliphatic heterocycles. The molecule has 1 aromatic carbocycles. The predicted molar refractivity (Wildman–Crippen MR) is 72.4 cm³/mol. The van der Waals surface area contributed by atoms with E-state index in [1.807, 2.05) is 12.1 Å². The van der Waals surface area contributed by atoms with Crippen LogP contribution in [0.25, 0.3) is 0 Å². The summed E-state index contributed by atoms with van der Waals surface area (Å²) in [6.45, 7) is 1.54. The van der Waals surface area contributed by atoms with Gasteiger partial charge < -0.3 is 14.8 Å². The summed E-state index contributed by atoms with van der Waals surface area (Å²) in [6.07, 6.45) is 5.91. The van der Waals surface area contributed by atoms with E-state index in [9.17, 15) is 0 Å². The van der Waals surface area contributed by atoms with Crippen LogP contribution < -0.4 is 14.8 Å². The number of hydrogen-bond donors (Lipinski definition) is 1. The Labute approximate surface area is 111 Å². The van der Waals surface area contributed by atoms with Gasteiger partial charge in [-0.05, 0) is 17.7 Å². The highest BCUT2D eigenvalue weighted by atomic mass is 79.9. The molecule has 0 aromatic heterocycles. The molecule has 1 aromatic rings. The second-order valence-electron chi connectivity index (χ2n) is 3.43. The number of halogens is 1. The zero-order valence-electron chi connectivity index (χ0n) is 10.0. The summed E-state index contributed by atoms with van der Waals surface area (Å²) in [4.78, 5) is 0. The van der Waals surface area contributed by atoms with Crippen LogP contribution in [0.3, 0.4) is 0 Å². The monoisotopic (exact) mass is 297 g/mol. The maximum absolute atomic E-state index is 5.25. The topological polar surface area (TPSA) is 30.5 Å². The fraction of sp³-hybridized carbons (Fsp3) is 0.385. The molecule has 3 nitrogen and oxygen atoms in total. The van der Waals surface area contributed by atoms with Crippen molar-refractivity contribution in [1.82, 2.24) is 5.32 Å². The van der Waals surface area contributed by atoms with Crippen LogP contribution in [0.5, 0.6) is 11.5 Å². The van der Waals surface area contributed by atoms with E-state index in [2.05, 4.69) is 27.2 Å². The lowest BCUT2D eigenvalue weighted by atomic mass is 10.2. The van der Waals surface area contributed by atoms with E-state index in [0.29, 0.717) is 5.75 Å². The van der Waals surface area contributed by atoms with Gasteiger partial charge in [-0.1, -0.05) is 15.9 Å². The van der Waals surface area contributed by atoms with E-state index >= 15 is 0 Å². The third kappa shape index (κ3) is 3.95. The normalized spacial score (nSPS) is 9.76. The lowest BCUT2D eigenvalue weighted by Gasteiger charge is -2.12. The molecule has 0 unspecified atom stereocenters. The Hall–Kier alpha value is -1.18. The number of nitrogens with one attached hydrogen (secondary N) is 1. The van der Waals surface area contributed by atoms with Crippen LogP contribution in [0.4, 0.5) is 0 Å². The van der Waals surface area contributed by atoms with Crippen LogP contribution in [0.15, 0.2) is 16.6 Å². The molecule has 17 heavy (non-hydrogen) atoms. The fourth-order valence-corrected chi connectivity index (χ4v) is 1.88. The van der Waals surface area contributed by atoms with Crippen LogP contribution in [0.1, 0.15) is 12.0 Å². The van der Waals surface area contributed by atoms with Crippen molar-refractivity contribution in [3.05, 3.63) is 22.2 Å². The zero-order valence-corrected chi connectivity index (χ0v) is 11.6. The van der Waals surface area contributed by atoms with Crippen LogP contribution in [0.2, 0.25) is 0 Å². The van der Waals surface area contributed by atoms with E-state index < -0.39 is 0 Å². The van der Waals surface area contributed by atoms with Gasteiger partial charge in [0.2, 0.25) is 0 Å². The molecule has 0 saturated carbocycles. The standard InChI is InChI=1S/C13H16BrNO2/c1-4-5-6-15-9-10-7-12(16-2)13(17-3)8-11(10)14/h1,7-8,15H,5-6,9H2,2-3H3. The summed E-state index contributed by atoms with van der Waals surface area (Å²) in [5, 5.41) is 3.26. The van der Waals surface area contributed by atoms with Crippen molar-refractivity contribution >= 4 is 15.9 Å². The second kappa shape index (κ2) is 7.21. The zero-order chi connectivity index (χ0) is 12.7. The van der Waals surface area contributed by atoms with Gasteiger partial charge in [-0.15, -0.1) is 12.3 Å². The van der Waals surface area contributed by atoms with Gasteiger partial charge in [-0.3, -0.25) is 0 Å². The Morgan fingerprint density at radius 3 is 2.53 bits per heavy atom.